The molecule has 0 fully saturated rings. The molecule has 0 aliphatic rings. The first-order valence-corrected chi connectivity index (χ1v) is 6.55. The molecule has 0 saturated heterocycles. The van der Waals surface area contributed by atoms with E-state index >= 15 is 0 Å². The monoisotopic (exact) mass is 252 g/mol. The van der Waals surface area contributed by atoms with Gasteiger partial charge in [-0.1, -0.05) is 32.9 Å². The maximum Gasteiger partial charge on any atom is 0.123 e. The molecule has 2 unspecified atom stereocenters. The van der Waals surface area contributed by atoms with Crippen molar-refractivity contribution in [3.63, 3.8) is 0 Å². The highest BCUT2D eigenvalue weighted by atomic mass is 19.1. The quantitative estimate of drug-likeness (QED) is 0.873. The minimum Gasteiger partial charge on any atom is -0.320 e. The lowest BCUT2D eigenvalue weighted by Gasteiger charge is -2.44. The zero-order chi connectivity index (χ0) is 13.9. The van der Waals surface area contributed by atoms with E-state index in [1.165, 1.54) is 12.1 Å². The van der Waals surface area contributed by atoms with Crippen molar-refractivity contribution < 1.29 is 4.39 Å². The normalized spacial score (nSPS) is 16.9. The second-order valence-corrected chi connectivity index (χ2v) is 5.48. The molecule has 102 valence electrons. The van der Waals surface area contributed by atoms with Crippen LogP contribution >= 0.6 is 0 Å². The third kappa shape index (κ3) is 2.73. The molecule has 1 rings (SSSR count). The molecular weight excluding hydrogens is 227 g/mol. The van der Waals surface area contributed by atoms with Gasteiger partial charge in [0.15, 0.2) is 0 Å². The molecule has 1 aromatic carbocycles. The van der Waals surface area contributed by atoms with Crippen molar-refractivity contribution in [3.05, 3.63) is 35.6 Å². The Morgan fingerprint density at radius 1 is 1.22 bits per heavy atom. The smallest absolute Gasteiger partial charge is 0.123 e. The van der Waals surface area contributed by atoms with Gasteiger partial charge in [0, 0.05) is 6.04 Å². The molecule has 2 atom stereocenters. The van der Waals surface area contributed by atoms with E-state index in [9.17, 15) is 4.39 Å². The average molecular weight is 252 g/mol. The van der Waals surface area contributed by atoms with Crippen LogP contribution in [0.1, 0.15) is 32.8 Å². The summed E-state index contributed by atoms with van der Waals surface area (Å²) in [6.07, 6.45) is 0.957. The maximum atomic E-state index is 13.1. The fourth-order valence-corrected chi connectivity index (χ4v) is 2.78. The van der Waals surface area contributed by atoms with Crippen molar-refractivity contribution in [2.45, 2.75) is 38.8 Å². The molecule has 0 bridgehead atoms. The zero-order valence-corrected chi connectivity index (χ0v) is 12.1. The van der Waals surface area contributed by atoms with Crippen LogP contribution in [0.3, 0.4) is 0 Å². The maximum absolute atomic E-state index is 13.1. The molecule has 0 amide bonds. The van der Waals surface area contributed by atoms with Crippen molar-refractivity contribution in [1.29, 1.82) is 0 Å². The topological polar surface area (TPSA) is 29.3 Å². The summed E-state index contributed by atoms with van der Waals surface area (Å²) in [5, 5.41) is 0. The summed E-state index contributed by atoms with van der Waals surface area (Å²) in [5.74, 6) is 0.0538. The summed E-state index contributed by atoms with van der Waals surface area (Å²) in [5.41, 5.74) is 7.24. The minimum atomic E-state index is -0.466. The highest BCUT2D eigenvalue weighted by molar-refractivity contribution is 5.27. The summed E-state index contributed by atoms with van der Waals surface area (Å²) in [7, 11) is 4.09. The SMILES string of the molecule is CCC(N(C)C)C(N)(c1ccc(F)cc1)C(C)C. The first-order chi connectivity index (χ1) is 8.33. The van der Waals surface area contributed by atoms with Gasteiger partial charge in [-0.05, 0) is 44.1 Å². The Kier molecular flexibility index (Phi) is 4.88. The van der Waals surface area contributed by atoms with Crippen LogP contribution in [-0.4, -0.2) is 25.0 Å². The summed E-state index contributed by atoms with van der Waals surface area (Å²) in [6.45, 7) is 6.38. The van der Waals surface area contributed by atoms with Gasteiger partial charge in [0.05, 0.1) is 5.54 Å². The van der Waals surface area contributed by atoms with Crippen molar-refractivity contribution in [3.8, 4) is 0 Å². The Bertz CT molecular complexity index is 373. The molecular formula is C15H25FN2. The predicted molar refractivity (Wildman–Crippen MR) is 74.9 cm³/mol. The predicted octanol–water partition coefficient (Wildman–Crippen LogP) is 2.98. The number of likely N-dealkylation sites (N-methyl/N-ethyl adjacent to an activating group) is 1. The molecule has 0 aromatic heterocycles. The van der Waals surface area contributed by atoms with Crippen molar-refractivity contribution >= 4 is 0 Å². The molecule has 18 heavy (non-hydrogen) atoms. The fourth-order valence-electron chi connectivity index (χ4n) is 2.78. The van der Waals surface area contributed by atoms with Gasteiger partial charge in [-0.3, -0.25) is 0 Å². The molecule has 3 heteroatoms. The average Bonchev–Trinajstić information content (AvgIpc) is 2.29. The summed E-state index contributed by atoms with van der Waals surface area (Å²) < 4.78 is 13.1. The van der Waals surface area contributed by atoms with Crippen LogP contribution in [0.25, 0.3) is 0 Å². The van der Waals surface area contributed by atoms with E-state index in [1.54, 1.807) is 0 Å². The van der Waals surface area contributed by atoms with Gasteiger partial charge in [-0.25, -0.2) is 4.39 Å². The van der Waals surface area contributed by atoms with E-state index in [-0.39, 0.29) is 17.8 Å². The largest absolute Gasteiger partial charge is 0.320 e. The summed E-state index contributed by atoms with van der Waals surface area (Å²) in [6, 6.07) is 6.81. The molecule has 0 aliphatic heterocycles. The van der Waals surface area contributed by atoms with Crippen molar-refractivity contribution in [2.24, 2.45) is 11.7 Å². The minimum absolute atomic E-state index is 0.220. The number of nitrogens with two attached hydrogens (primary N) is 1. The van der Waals surface area contributed by atoms with E-state index in [0.29, 0.717) is 0 Å². The molecule has 0 saturated carbocycles. The third-order valence-electron chi connectivity index (χ3n) is 3.86. The van der Waals surface area contributed by atoms with Gasteiger partial charge in [0.1, 0.15) is 5.82 Å². The number of nitrogens with zero attached hydrogens (tertiary/aromatic N) is 1. The molecule has 1 aromatic rings. The second kappa shape index (κ2) is 5.81. The van der Waals surface area contributed by atoms with Gasteiger partial charge in [-0.2, -0.15) is 0 Å². The Balaban J connectivity index is 3.26. The van der Waals surface area contributed by atoms with E-state index in [1.807, 2.05) is 26.2 Å². The van der Waals surface area contributed by atoms with Crippen LogP contribution < -0.4 is 5.73 Å². The Morgan fingerprint density at radius 2 is 1.72 bits per heavy atom. The highest BCUT2D eigenvalue weighted by Crippen LogP contribution is 2.34. The molecule has 0 radical (unpaired) electrons. The summed E-state index contributed by atoms with van der Waals surface area (Å²) >= 11 is 0. The van der Waals surface area contributed by atoms with Crippen LogP contribution in [0.2, 0.25) is 0 Å². The lowest BCUT2D eigenvalue weighted by atomic mass is 9.73. The third-order valence-corrected chi connectivity index (χ3v) is 3.86. The fraction of sp³-hybridized carbons (Fsp3) is 0.600. The number of halogens is 1. The molecule has 2 N–H and O–H groups in total. The van der Waals surface area contributed by atoms with Crippen LogP contribution in [-0.2, 0) is 5.54 Å². The van der Waals surface area contributed by atoms with Crippen LogP contribution in [0, 0.1) is 11.7 Å². The van der Waals surface area contributed by atoms with E-state index in [2.05, 4.69) is 25.7 Å². The van der Waals surface area contributed by atoms with Crippen molar-refractivity contribution in [1.82, 2.24) is 4.90 Å². The van der Waals surface area contributed by atoms with E-state index in [0.717, 1.165) is 12.0 Å². The van der Waals surface area contributed by atoms with Gasteiger partial charge in [-0.15, -0.1) is 0 Å². The second-order valence-electron chi connectivity index (χ2n) is 5.48. The molecule has 0 heterocycles. The lowest BCUT2D eigenvalue weighted by molar-refractivity contribution is 0.127. The number of rotatable bonds is 5. The first-order valence-electron chi connectivity index (χ1n) is 6.55. The molecule has 0 spiro atoms. The first kappa shape index (κ1) is 15.1. The van der Waals surface area contributed by atoms with Crippen LogP contribution in [0.4, 0.5) is 4.39 Å². The van der Waals surface area contributed by atoms with Gasteiger partial charge in [0.2, 0.25) is 0 Å². The Morgan fingerprint density at radius 3 is 2.06 bits per heavy atom. The van der Waals surface area contributed by atoms with Crippen LogP contribution in [0.5, 0.6) is 0 Å². The lowest BCUT2D eigenvalue weighted by Crippen LogP contribution is -2.57. The number of hydrogen-bond donors (Lipinski definition) is 1. The van der Waals surface area contributed by atoms with E-state index < -0.39 is 5.54 Å². The number of hydrogen-bond acceptors (Lipinski definition) is 2. The van der Waals surface area contributed by atoms with E-state index in [4.69, 9.17) is 5.73 Å². The standard InChI is InChI=1S/C15H25FN2/c1-6-14(18(4)5)15(17,11(2)3)12-7-9-13(16)10-8-12/h7-11,14H,6,17H2,1-5H3. The number of benzene rings is 1. The Labute approximate surface area is 110 Å². The van der Waals surface area contributed by atoms with Gasteiger partial charge >= 0.3 is 0 Å². The van der Waals surface area contributed by atoms with Crippen LogP contribution in [0.15, 0.2) is 24.3 Å². The van der Waals surface area contributed by atoms with Gasteiger partial charge < -0.3 is 10.6 Å². The van der Waals surface area contributed by atoms with Crippen molar-refractivity contribution in [2.75, 3.05) is 14.1 Å². The Hall–Kier alpha value is -0.930. The van der Waals surface area contributed by atoms with Gasteiger partial charge in [0.25, 0.3) is 0 Å². The summed E-state index contributed by atoms with van der Waals surface area (Å²) in [4.78, 5) is 2.16. The zero-order valence-electron chi connectivity index (χ0n) is 12.1. The molecule has 0 aliphatic carbocycles. The highest BCUT2D eigenvalue weighted by Gasteiger charge is 2.39. The molecule has 2 nitrogen and oxygen atoms in total.